The van der Waals surface area contributed by atoms with Gasteiger partial charge in [-0.15, -0.1) is 0 Å². The number of carboxylic acids is 1. The van der Waals surface area contributed by atoms with Crippen molar-refractivity contribution in [1.82, 2.24) is 0 Å². The Labute approximate surface area is 121 Å². The molecule has 3 rings (SSSR count). The van der Waals surface area contributed by atoms with E-state index in [1.807, 2.05) is 20.8 Å². The van der Waals surface area contributed by atoms with Crippen molar-refractivity contribution in [3.63, 3.8) is 0 Å². The molecule has 0 saturated heterocycles. The fraction of sp³-hybridized carbons (Fsp3) is 0.875. The molecule has 2 bridgehead atoms. The maximum Gasteiger partial charge on any atom is 0.311 e. The summed E-state index contributed by atoms with van der Waals surface area (Å²) >= 11 is 0. The van der Waals surface area contributed by atoms with Crippen LogP contribution >= 0.6 is 0 Å². The summed E-state index contributed by atoms with van der Waals surface area (Å²) < 4.78 is 5.74. The van der Waals surface area contributed by atoms with Gasteiger partial charge in [-0.3, -0.25) is 9.59 Å². The van der Waals surface area contributed by atoms with E-state index in [1.54, 1.807) is 0 Å². The third kappa shape index (κ3) is 4.80. The second-order valence-corrected chi connectivity index (χ2v) is 6.72. The number of aliphatic carboxylic acids is 1. The van der Waals surface area contributed by atoms with Crippen molar-refractivity contribution in [3.8, 4) is 0 Å². The van der Waals surface area contributed by atoms with Crippen molar-refractivity contribution in [2.75, 3.05) is 0 Å². The van der Waals surface area contributed by atoms with E-state index in [0.29, 0.717) is 5.92 Å². The lowest BCUT2D eigenvalue weighted by Crippen LogP contribution is -2.40. The normalized spacial score (nSPS) is 28.3. The molecule has 0 aromatic heterocycles. The van der Waals surface area contributed by atoms with Crippen LogP contribution in [-0.2, 0) is 14.3 Å². The van der Waals surface area contributed by atoms with Crippen LogP contribution in [0.25, 0.3) is 0 Å². The van der Waals surface area contributed by atoms with Gasteiger partial charge in [0.1, 0.15) is 6.10 Å². The van der Waals surface area contributed by atoms with E-state index in [1.165, 1.54) is 25.7 Å². The quantitative estimate of drug-likeness (QED) is 0.804. The van der Waals surface area contributed by atoms with Gasteiger partial charge in [-0.05, 0) is 64.2 Å². The molecule has 20 heavy (non-hydrogen) atoms. The molecule has 0 radical (unpaired) electrons. The Kier molecular flexibility index (Phi) is 6.03. The standard InChI is InChI=1S/C14H24O2.C2H4O2/c1-4-14(2,3)13(15)16-12-9-10-5-7-11(12)8-6-10;1-2(3)4/h10-12H,4-9H2,1-3H3;1H3,(H,3,4). The second-order valence-electron chi connectivity index (χ2n) is 6.72. The topological polar surface area (TPSA) is 63.6 Å². The monoisotopic (exact) mass is 284 g/mol. The van der Waals surface area contributed by atoms with Crippen molar-refractivity contribution >= 4 is 11.9 Å². The first-order valence-corrected chi connectivity index (χ1v) is 7.67. The van der Waals surface area contributed by atoms with Crippen LogP contribution < -0.4 is 0 Å². The number of esters is 1. The summed E-state index contributed by atoms with van der Waals surface area (Å²) in [6.45, 7) is 7.10. The first kappa shape index (κ1) is 17.0. The van der Waals surface area contributed by atoms with Crippen LogP contribution in [-0.4, -0.2) is 23.1 Å². The Morgan fingerprint density at radius 2 is 1.70 bits per heavy atom. The molecular weight excluding hydrogens is 256 g/mol. The van der Waals surface area contributed by atoms with Crippen LogP contribution in [0.2, 0.25) is 0 Å². The van der Waals surface area contributed by atoms with E-state index in [9.17, 15) is 4.79 Å². The molecule has 116 valence electrons. The zero-order chi connectivity index (χ0) is 15.3. The maximum atomic E-state index is 12.0. The lowest BCUT2D eigenvalue weighted by molar-refractivity contribution is -0.168. The van der Waals surface area contributed by atoms with Crippen LogP contribution in [0.5, 0.6) is 0 Å². The Morgan fingerprint density at radius 3 is 2.05 bits per heavy atom. The van der Waals surface area contributed by atoms with Crippen molar-refractivity contribution < 1.29 is 19.4 Å². The van der Waals surface area contributed by atoms with Crippen LogP contribution in [0.1, 0.15) is 66.2 Å². The fourth-order valence-electron chi connectivity index (χ4n) is 2.90. The number of hydrogen-bond acceptors (Lipinski definition) is 3. The molecule has 0 aliphatic heterocycles. The Bertz CT molecular complexity index is 336. The average Bonchev–Trinajstić information content (AvgIpc) is 2.39. The SMILES string of the molecule is CC(=O)O.CCC(C)(C)C(=O)OC1CC2CCC1CC2. The molecule has 0 amide bonds. The molecule has 0 aromatic carbocycles. The summed E-state index contributed by atoms with van der Waals surface area (Å²) in [5.41, 5.74) is -0.309. The van der Waals surface area contributed by atoms with Gasteiger partial charge in [0.2, 0.25) is 0 Å². The molecule has 3 aliphatic carbocycles. The number of fused-ring (bicyclic) bond motifs is 3. The summed E-state index contributed by atoms with van der Waals surface area (Å²) in [5, 5.41) is 7.42. The highest BCUT2D eigenvalue weighted by Crippen LogP contribution is 2.43. The third-order valence-corrected chi connectivity index (χ3v) is 4.68. The summed E-state index contributed by atoms with van der Waals surface area (Å²) in [5.74, 6) is 0.654. The largest absolute Gasteiger partial charge is 0.481 e. The number of hydrogen-bond donors (Lipinski definition) is 1. The zero-order valence-electron chi connectivity index (χ0n) is 13.1. The predicted octanol–water partition coefficient (Wildman–Crippen LogP) is 3.64. The molecule has 3 fully saturated rings. The van der Waals surface area contributed by atoms with Gasteiger partial charge in [-0.25, -0.2) is 0 Å². The summed E-state index contributed by atoms with van der Waals surface area (Å²) in [4.78, 5) is 21.0. The molecule has 1 N–H and O–H groups in total. The fourth-order valence-corrected chi connectivity index (χ4v) is 2.90. The minimum absolute atomic E-state index is 0.00699. The number of ether oxygens (including phenoxy) is 1. The number of carbonyl (C=O) groups is 2. The second kappa shape index (κ2) is 7.09. The minimum Gasteiger partial charge on any atom is -0.481 e. The van der Waals surface area contributed by atoms with E-state index >= 15 is 0 Å². The molecule has 1 unspecified atom stereocenters. The molecule has 0 spiro atoms. The first-order chi connectivity index (χ1) is 9.26. The lowest BCUT2D eigenvalue weighted by atomic mass is 9.69. The number of carboxylic acid groups (broad SMARTS) is 1. The molecule has 0 heterocycles. The molecule has 4 nitrogen and oxygen atoms in total. The number of carbonyl (C=O) groups excluding carboxylic acids is 1. The van der Waals surface area contributed by atoms with Gasteiger partial charge in [0.15, 0.2) is 0 Å². The highest BCUT2D eigenvalue weighted by atomic mass is 16.5. The first-order valence-electron chi connectivity index (χ1n) is 7.67. The van der Waals surface area contributed by atoms with Crippen LogP contribution in [0.4, 0.5) is 0 Å². The summed E-state index contributed by atoms with van der Waals surface area (Å²) in [7, 11) is 0. The van der Waals surface area contributed by atoms with E-state index in [-0.39, 0.29) is 17.5 Å². The van der Waals surface area contributed by atoms with Crippen LogP contribution in [0, 0.1) is 17.3 Å². The molecule has 0 aromatic rings. The van der Waals surface area contributed by atoms with Gasteiger partial charge in [-0.1, -0.05) is 6.92 Å². The summed E-state index contributed by atoms with van der Waals surface area (Å²) in [6, 6.07) is 0. The highest BCUT2D eigenvalue weighted by molar-refractivity contribution is 5.76. The van der Waals surface area contributed by atoms with Gasteiger partial charge in [-0.2, -0.15) is 0 Å². The molecule has 3 saturated carbocycles. The number of rotatable bonds is 3. The minimum atomic E-state index is -0.833. The molecule has 3 aliphatic rings. The van der Waals surface area contributed by atoms with Gasteiger partial charge in [0.25, 0.3) is 5.97 Å². The zero-order valence-corrected chi connectivity index (χ0v) is 13.1. The van der Waals surface area contributed by atoms with E-state index in [2.05, 4.69) is 0 Å². The summed E-state index contributed by atoms with van der Waals surface area (Å²) in [6.07, 6.45) is 7.46. The van der Waals surface area contributed by atoms with Crippen LogP contribution in [0.3, 0.4) is 0 Å². The Balaban J connectivity index is 0.000000444. The Hall–Kier alpha value is -1.06. The van der Waals surface area contributed by atoms with Gasteiger partial charge >= 0.3 is 5.97 Å². The van der Waals surface area contributed by atoms with Crippen molar-refractivity contribution in [1.29, 1.82) is 0 Å². The van der Waals surface area contributed by atoms with Crippen LogP contribution in [0.15, 0.2) is 0 Å². The highest BCUT2D eigenvalue weighted by Gasteiger charge is 2.39. The molecular formula is C16H28O4. The third-order valence-electron chi connectivity index (χ3n) is 4.68. The predicted molar refractivity (Wildman–Crippen MR) is 77.3 cm³/mol. The molecule has 4 heteroatoms. The van der Waals surface area contributed by atoms with Crippen molar-refractivity contribution in [2.45, 2.75) is 72.3 Å². The maximum absolute atomic E-state index is 12.0. The van der Waals surface area contributed by atoms with E-state index in [4.69, 9.17) is 14.6 Å². The smallest absolute Gasteiger partial charge is 0.311 e. The molecule has 1 atom stereocenters. The van der Waals surface area contributed by atoms with Gasteiger partial charge in [0.05, 0.1) is 5.41 Å². The lowest BCUT2D eigenvalue weighted by Gasteiger charge is -2.42. The van der Waals surface area contributed by atoms with Crippen molar-refractivity contribution in [2.24, 2.45) is 17.3 Å². The Morgan fingerprint density at radius 1 is 1.20 bits per heavy atom. The van der Waals surface area contributed by atoms with E-state index in [0.717, 1.165) is 25.7 Å². The van der Waals surface area contributed by atoms with Crippen molar-refractivity contribution in [3.05, 3.63) is 0 Å². The van der Waals surface area contributed by atoms with Gasteiger partial charge in [0, 0.05) is 6.92 Å². The van der Waals surface area contributed by atoms with Gasteiger partial charge < -0.3 is 9.84 Å². The van der Waals surface area contributed by atoms with E-state index < -0.39 is 5.97 Å². The average molecular weight is 284 g/mol.